The van der Waals surface area contributed by atoms with Gasteiger partial charge in [0, 0.05) is 6.54 Å². The molecule has 0 aliphatic carbocycles. The third-order valence-electron chi connectivity index (χ3n) is 4.93. The fraction of sp³-hybridized carbons (Fsp3) is 0.227. The van der Waals surface area contributed by atoms with Crippen LogP contribution in [-0.2, 0) is 21.2 Å². The lowest BCUT2D eigenvalue weighted by Gasteiger charge is -2.14. The van der Waals surface area contributed by atoms with Crippen LogP contribution in [0.25, 0.3) is 10.8 Å². The van der Waals surface area contributed by atoms with Crippen LogP contribution in [0.2, 0.25) is 0 Å². The predicted molar refractivity (Wildman–Crippen MR) is 113 cm³/mol. The SMILES string of the molecule is COc1ccc2cc(C(C)C(=O)NCCc3ccc(S(N)(=O)=O)cc3)ccc2c1. The van der Waals surface area contributed by atoms with Crippen LogP contribution >= 0.6 is 0 Å². The van der Waals surface area contributed by atoms with E-state index >= 15 is 0 Å². The minimum absolute atomic E-state index is 0.0565. The first kappa shape index (κ1) is 20.8. The van der Waals surface area contributed by atoms with Crippen LogP contribution in [0.15, 0.2) is 65.6 Å². The van der Waals surface area contributed by atoms with Crippen LogP contribution in [-0.4, -0.2) is 28.0 Å². The minimum atomic E-state index is -3.69. The van der Waals surface area contributed by atoms with Gasteiger partial charge in [0.2, 0.25) is 15.9 Å². The number of methoxy groups -OCH3 is 1. The van der Waals surface area contributed by atoms with Crippen molar-refractivity contribution in [2.75, 3.05) is 13.7 Å². The highest BCUT2D eigenvalue weighted by Crippen LogP contribution is 2.25. The maximum atomic E-state index is 12.5. The summed E-state index contributed by atoms with van der Waals surface area (Å²) in [6.07, 6.45) is 0.598. The van der Waals surface area contributed by atoms with Crippen LogP contribution in [0.4, 0.5) is 0 Å². The van der Waals surface area contributed by atoms with Gasteiger partial charge < -0.3 is 10.1 Å². The van der Waals surface area contributed by atoms with Crippen LogP contribution in [0, 0.1) is 0 Å². The van der Waals surface area contributed by atoms with Crippen molar-refractivity contribution in [2.45, 2.75) is 24.2 Å². The summed E-state index contributed by atoms with van der Waals surface area (Å²) in [5.74, 6) is 0.457. The number of hydrogen-bond donors (Lipinski definition) is 2. The molecule has 1 atom stereocenters. The molecule has 1 amide bonds. The van der Waals surface area contributed by atoms with Crippen molar-refractivity contribution in [3.8, 4) is 5.75 Å². The Morgan fingerprint density at radius 1 is 1.03 bits per heavy atom. The van der Waals surface area contributed by atoms with Crippen molar-refractivity contribution in [2.24, 2.45) is 5.14 Å². The number of primary sulfonamides is 1. The van der Waals surface area contributed by atoms with Gasteiger partial charge in [-0.15, -0.1) is 0 Å². The van der Waals surface area contributed by atoms with E-state index in [1.165, 1.54) is 12.1 Å². The summed E-state index contributed by atoms with van der Waals surface area (Å²) >= 11 is 0. The minimum Gasteiger partial charge on any atom is -0.497 e. The Kier molecular flexibility index (Phi) is 6.20. The van der Waals surface area contributed by atoms with E-state index in [0.29, 0.717) is 13.0 Å². The molecule has 0 bridgehead atoms. The lowest BCUT2D eigenvalue weighted by Crippen LogP contribution is -2.29. The van der Waals surface area contributed by atoms with Gasteiger partial charge in [-0.25, -0.2) is 13.6 Å². The number of sulfonamides is 1. The molecule has 3 N–H and O–H groups in total. The summed E-state index contributed by atoms with van der Waals surface area (Å²) in [5.41, 5.74) is 1.86. The Morgan fingerprint density at radius 3 is 2.34 bits per heavy atom. The van der Waals surface area contributed by atoms with Gasteiger partial charge >= 0.3 is 0 Å². The summed E-state index contributed by atoms with van der Waals surface area (Å²) in [7, 11) is -2.06. The second-order valence-electron chi connectivity index (χ2n) is 6.92. The zero-order valence-corrected chi connectivity index (χ0v) is 17.2. The van der Waals surface area contributed by atoms with Gasteiger partial charge in [-0.1, -0.05) is 36.4 Å². The molecule has 6 nitrogen and oxygen atoms in total. The van der Waals surface area contributed by atoms with E-state index in [0.717, 1.165) is 27.6 Å². The maximum Gasteiger partial charge on any atom is 0.238 e. The molecular formula is C22H24N2O4S. The zero-order chi connectivity index (χ0) is 21.0. The van der Waals surface area contributed by atoms with Crippen molar-refractivity contribution in [1.82, 2.24) is 5.32 Å². The Labute approximate surface area is 170 Å². The van der Waals surface area contributed by atoms with E-state index in [4.69, 9.17) is 9.88 Å². The quantitative estimate of drug-likeness (QED) is 0.623. The average Bonchev–Trinajstić information content (AvgIpc) is 2.72. The number of carbonyl (C=O) groups is 1. The van der Waals surface area contributed by atoms with E-state index in [1.807, 2.05) is 43.3 Å². The van der Waals surface area contributed by atoms with Gasteiger partial charge in [-0.05, 0) is 59.5 Å². The number of hydrogen-bond acceptors (Lipinski definition) is 4. The Hall–Kier alpha value is -2.90. The number of rotatable bonds is 7. The van der Waals surface area contributed by atoms with E-state index in [-0.39, 0.29) is 16.7 Å². The van der Waals surface area contributed by atoms with E-state index in [9.17, 15) is 13.2 Å². The number of nitrogens with one attached hydrogen (secondary N) is 1. The molecule has 0 saturated carbocycles. The van der Waals surface area contributed by atoms with Gasteiger partial charge in [-0.2, -0.15) is 0 Å². The van der Waals surface area contributed by atoms with Crippen molar-refractivity contribution in [3.63, 3.8) is 0 Å². The van der Waals surface area contributed by atoms with Crippen molar-refractivity contribution in [1.29, 1.82) is 0 Å². The van der Waals surface area contributed by atoms with Crippen LogP contribution in [0.1, 0.15) is 24.0 Å². The molecular weight excluding hydrogens is 388 g/mol. The van der Waals surface area contributed by atoms with Crippen molar-refractivity contribution >= 4 is 26.7 Å². The number of nitrogens with two attached hydrogens (primary N) is 1. The standard InChI is InChI=1S/C22H24N2O4S/c1-15(17-5-6-19-14-20(28-2)8-7-18(19)13-17)22(25)24-12-11-16-3-9-21(10-4-16)29(23,26)27/h3-10,13-15H,11-12H2,1-2H3,(H,24,25)(H2,23,26,27). The highest BCUT2D eigenvalue weighted by molar-refractivity contribution is 7.89. The molecule has 29 heavy (non-hydrogen) atoms. The normalized spacial score (nSPS) is 12.5. The molecule has 152 valence electrons. The fourth-order valence-corrected chi connectivity index (χ4v) is 3.63. The van der Waals surface area contributed by atoms with Crippen LogP contribution in [0.5, 0.6) is 5.75 Å². The number of amides is 1. The first-order chi connectivity index (χ1) is 13.8. The molecule has 0 heterocycles. The van der Waals surface area contributed by atoms with Gasteiger partial charge in [0.1, 0.15) is 5.75 Å². The Balaban J connectivity index is 1.59. The van der Waals surface area contributed by atoms with Crippen LogP contribution < -0.4 is 15.2 Å². The first-order valence-electron chi connectivity index (χ1n) is 9.25. The number of benzene rings is 3. The van der Waals surface area contributed by atoms with E-state index in [2.05, 4.69) is 5.32 Å². The summed E-state index contributed by atoms with van der Waals surface area (Å²) in [6.45, 7) is 2.34. The molecule has 3 aromatic carbocycles. The molecule has 7 heteroatoms. The topological polar surface area (TPSA) is 98.5 Å². The Bertz CT molecular complexity index is 1130. The largest absolute Gasteiger partial charge is 0.497 e. The van der Waals surface area contributed by atoms with Gasteiger partial charge in [-0.3, -0.25) is 4.79 Å². The number of fused-ring (bicyclic) bond motifs is 1. The third-order valence-corrected chi connectivity index (χ3v) is 5.86. The highest BCUT2D eigenvalue weighted by Gasteiger charge is 2.15. The van der Waals surface area contributed by atoms with Gasteiger partial charge in [0.05, 0.1) is 17.9 Å². The van der Waals surface area contributed by atoms with E-state index < -0.39 is 10.0 Å². The first-order valence-corrected chi connectivity index (χ1v) is 10.8. The molecule has 0 aliphatic rings. The summed E-state index contributed by atoms with van der Waals surface area (Å²) in [6, 6.07) is 18.2. The second kappa shape index (κ2) is 8.63. The molecule has 0 aliphatic heterocycles. The predicted octanol–water partition coefficient (Wildman–Crippen LogP) is 2.96. The van der Waals surface area contributed by atoms with E-state index in [1.54, 1.807) is 19.2 Å². The van der Waals surface area contributed by atoms with Gasteiger partial charge in [0.25, 0.3) is 0 Å². The molecule has 0 fully saturated rings. The second-order valence-corrected chi connectivity index (χ2v) is 8.49. The summed E-state index contributed by atoms with van der Waals surface area (Å²) < 4.78 is 27.8. The highest BCUT2D eigenvalue weighted by atomic mass is 32.2. The summed E-state index contributed by atoms with van der Waals surface area (Å²) in [4.78, 5) is 12.6. The average molecular weight is 413 g/mol. The van der Waals surface area contributed by atoms with Gasteiger partial charge in [0.15, 0.2) is 0 Å². The third kappa shape index (κ3) is 5.13. The van der Waals surface area contributed by atoms with Crippen molar-refractivity contribution in [3.05, 3.63) is 71.8 Å². The number of carbonyl (C=O) groups excluding carboxylic acids is 1. The molecule has 1 unspecified atom stereocenters. The van der Waals surface area contributed by atoms with Crippen LogP contribution in [0.3, 0.4) is 0 Å². The molecule has 0 radical (unpaired) electrons. The number of ether oxygens (including phenoxy) is 1. The maximum absolute atomic E-state index is 12.5. The smallest absolute Gasteiger partial charge is 0.238 e. The van der Waals surface area contributed by atoms with Crippen molar-refractivity contribution < 1.29 is 17.9 Å². The molecule has 0 saturated heterocycles. The fourth-order valence-electron chi connectivity index (χ4n) is 3.12. The lowest BCUT2D eigenvalue weighted by atomic mass is 9.97. The molecule has 3 aromatic rings. The Morgan fingerprint density at radius 2 is 1.69 bits per heavy atom. The molecule has 3 rings (SSSR count). The lowest BCUT2D eigenvalue weighted by molar-refractivity contribution is -0.122. The molecule has 0 spiro atoms. The summed E-state index contributed by atoms with van der Waals surface area (Å²) in [5, 5.41) is 10.1. The molecule has 0 aromatic heterocycles. The zero-order valence-electron chi connectivity index (χ0n) is 16.4. The monoisotopic (exact) mass is 412 g/mol.